The first-order chi connectivity index (χ1) is 12.5. The van der Waals surface area contributed by atoms with Gasteiger partial charge in [0.2, 0.25) is 5.91 Å². The van der Waals surface area contributed by atoms with Gasteiger partial charge in [-0.3, -0.25) is 9.59 Å². The molecule has 0 spiro atoms. The minimum Gasteiger partial charge on any atom is -0.482 e. The number of fused-ring (bicyclic) bond motifs is 1. The van der Waals surface area contributed by atoms with Crippen molar-refractivity contribution in [3.8, 4) is 5.75 Å². The van der Waals surface area contributed by atoms with E-state index in [1.165, 1.54) is 0 Å². The maximum atomic E-state index is 12.2. The fraction of sp³-hybridized carbons (Fsp3) is 0.300. The lowest BCUT2D eigenvalue weighted by Crippen LogP contribution is -2.39. The highest BCUT2D eigenvalue weighted by atomic mass is 35.5. The Morgan fingerprint density at radius 2 is 2.08 bits per heavy atom. The Bertz CT molecular complexity index is 851. The fourth-order valence-corrected chi connectivity index (χ4v) is 3.09. The molecule has 0 aliphatic carbocycles. The van der Waals surface area contributed by atoms with Crippen molar-refractivity contribution in [1.29, 1.82) is 0 Å². The van der Waals surface area contributed by atoms with Crippen molar-refractivity contribution >= 4 is 34.8 Å². The second kappa shape index (κ2) is 7.79. The number of benzene rings is 2. The van der Waals surface area contributed by atoms with Gasteiger partial charge in [-0.2, -0.15) is 0 Å². The Morgan fingerprint density at radius 1 is 1.27 bits per heavy atom. The Morgan fingerprint density at radius 3 is 2.88 bits per heavy atom. The zero-order valence-corrected chi connectivity index (χ0v) is 15.6. The van der Waals surface area contributed by atoms with Crippen LogP contribution in [0.1, 0.15) is 24.0 Å². The molecule has 0 saturated heterocycles. The van der Waals surface area contributed by atoms with E-state index in [-0.39, 0.29) is 18.4 Å². The summed E-state index contributed by atoms with van der Waals surface area (Å²) in [5, 5.41) is 3.50. The van der Waals surface area contributed by atoms with E-state index in [1.807, 2.05) is 38.1 Å². The van der Waals surface area contributed by atoms with Crippen LogP contribution in [0.25, 0.3) is 0 Å². The van der Waals surface area contributed by atoms with E-state index in [2.05, 4.69) is 5.32 Å². The summed E-state index contributed by atoms with van der Waals surface area (Å²) < 4.78 is 5.47. The number of hydrogen-bond acceptors (Lipinski definition) is 3. The minimum absolute atomic E-state index is 0.0317. The average molecular weight is 373 g/mol. The molecule has 0 atom stereocenters. The smallest absolute Gasteiger partial charge is 0.265 e. The monoisotopic (exact) mass is 372 g/mol. The Hall–Kier alpha value is -2.53. The van der Waals surface area contributed by atoms with Gasteiger partial charge in [0.25, 0.3) is 5.91 Å². The molecule has 3 rings (SSSR count). The van der Waals surface area contributed by atoms with Crippen LogP contribution in [0.3, 0.4) is 0 Å². The molecule has 2 aromatic rings. The summed E-state index contributed by atoms with van der Waals surface area (Å²) in [6.45, 7) is 4.34. The topological polar surface area (TPSA) is 58.6 Å². The second-order valence-electron chi connectivity index (χ2n) is 6.37. The molecule has 0 unspecified atom stereocenters. The number of amides is 2. The van der Waals surface area contributed by atoms with E-state index in [0.717, 1.165) is 16.8 Å². The molecular weight excluding hydrogens is 352 g/mol. The molecule has 2 amide bonds. The van der Waals surface area contributed by atoms with Crippen LogP contribution >= 0.6 is 11.6 Å². The third-order valence-corrected chi connectivity index (χ3v) is 4.79. The van der Waals surface area contributed by atoms with Gasteiger partial charge in [-0.1, -0.05) is 23.7 Å². The molecule has 0 fully saturated rings. The fourth-order valence-electron chi connectivity index (χ4n) is 2.91. The number of carbonyl (C=O) groups excluding carboxylic acids is 2. The number of rotatable bonds is 5. The molecular formula is C20H21ClN2O3. The van der Waals surface area contributed by atoms with Crippen molar-refractivity contribution < 1.29 is 14.3 Å². The molecule has 1 aliphatic rings. The lowest BCUT2D eigenvalue weighted by atomic mass is 10.1. The summed E-state index contributed by atoms with van der Waals surface area (Å²) in [5.74, 6) is 0.518. The van der Waals surface area contributed by atoms with Crippen LogP contribution in [0.4, 0.5) is 11.4 Å². The SMILES string of the molecule is Cc1ccc2c(c1)N(CCCC(=O)Nc1cccc(Cl)c1C)C(=O)CO2. The number of carbonyl (C=O) groups is 2. The van der Waals surface area contributed by atoms with Crippen LogP contribution in [0, 0.1) is 13.8 Å². The van der Waals surface area contributed by atoms with Crippen LogP contribution in [0.15, 0.2) is 36.4 Å². The normalized spacial score (nSPS) is 13.2. The van der Waals surface area contributed by atoms with Gasteiger partial charge in [0, 0.05) is 23.7 Å². The van der Waals surface area contributed by atoms with Gasteiger partial charge in [-0.05, 0) is 55.7 Å². The second-order valence-corrected chi connectivity index (χ2v) is 6.78. The van der Waals surface area contributed by atoms with Gasteiger partial charge in [-0.25, -0.2) is 0 Å². The van der Waals surface area contributed by atoms with Gasteiger partial charge in [-0.15, -0.1) is 0 Å². The number of halogens is 1. The summed E-state index contributed by atoms with van der Waals surface area (Å²) >= 11 is 6.07. The van der Waals surface area contributed by atoms with Gasteiger partial charge in [0.15, 0.2) is 6.61 Å². The largest absolute Gasteiger partial charge is 0.482 e. The van der Waals surface area contributed by atoms with Crippen molar-refractivity contribution in [1.82, 2.24) is 0 Å². The third kappa shape index (κ3) is 3.99. The van der Waals surface area contributed by atoms with Crippen LogP contribution in [0.5, 0.6) is 5.75 Å². The quantitative estimate of drug-likeness (QED) is 0.859. The number of ether oxygens (including phenoxy) is 1. The first-order valence-electron chi connectivity index (χ1n) is 8.54. The molecule has 0 bridgehead atoms. The summed E-state index contributed by atoms with van der Waals surface area (Å²) in [6.07, 6.45) is 0.877. The molecule has 6 heteroatoms. The summed E-state index contributed by atoms with van der Waals surface area (Å²) in [7, 11) is 0. The van der Waals surface area contributed by atoms with E-state index >= 15 is 0 Å². The zero-order chi connectivity index (χ0) is 18.7. The van der Waals surface area contributed by atoms with E-state index in [9.17, 15) is 9.59 Å². The number of nitrogens with zero attached hydrogens (tertiary/aromatic N) is 1. The van der Waals surface area contributed by atoms with Crippen molar-refractivity contribution in [2.24, 2.45) is 0 Å². The number of nitrogens with one attached hydrogen (secondary N) is 1. The van der Waals surface area contributed by atoms with Crippen molar-refractivity contribution in [3.05, 3.63) is 52.5 Å². The molecule has 0 radical (unpaired) electrons. The molecule has 5 nitrogen and oxygen atoms in total. The zero-order valence-electron chi connectivity index (χ0n) is 14.8. The first-order valence-corrected chi connectivity index (χ1v) is 8.92. The Labute approximate surface area is 157 Å². The number of hydrogen-bond donors (Lipinski definition) is 1. The van der Waals surface area contributed by atoms with Crippen LogP contribution in [-0.4, -0.2) is 25.0 Å². The summed E-state index contributed by atoms with van der Waals surface area (Å²) in [6, 6.07) is 11.2. The van der Waals surface area contributed by atoms with Gasteiger partial charge >= 0.3 is 0 Å². The number of anilines is 2. The lowest BCUT2D eigenvalue weighted by molar-refractivity contribution is -0.121. The molecule has 0 aromatic heterocycles. The predicted octanol–water partition coefficient (Wildman–Crippen LogP) is 4.10. The molecule has 2 aromatic carbocycles. The highest BCUT2D eigenvalue weighted by Gasteiger charge is 2.25. The molecule has 26 heavy (non-hydrogen) atoms. The first kappa shape index (κ1) is 18.3. The van der Waals surface area contributed by atoms with Crippen LogP contribution in [-0.2, 0) is 9.59 Å². The Balaban J connectivity index is 1.59. The maximum Gasteiger partial charge on any atom is 0.265 e. The van der Waals surface area contributed by atoms with E-state index in [4.69, 9.17) is 16.3 Å². The van der Waals surface area contributed by atoms with Gasteiger partial charge < -0.3 is 15.0 Å². The highest BCUT2D eigenvalue weighted by Crippen LogP contribution is 2.33. The lowest BCUT2D eigenvalue weighted by Gasteiger charge is -2.29. The van der Waals surface area contributed by atoms with Crippen molar-refractivity contribution in [3.63, 3.8) is 0 Å². The summed E-state index contributed by atoms with van der Waals surface area (Å²) in [4.78, 5) is 26.1. The van der Waals surface area contributed by atoms with E-state index < -0.39 is 0 Å². The van der Waals surface area contributed by atoms with Crippen LogP contribution in [0.2, 0.25) is 5.02 Å². The van der Waals surface area contributed by atoms with E-state index in [1.54, 1.807) is 17.0 Å². The molecule has 0 saturated carbocycles. The van der Waals surface area contributed by atoms with Crippen LogP contribution < -0.4 is 15.0 Å². The van der Waals surface area contributed by atoms with Crippen molar-refractivity contribution in [2.45, 2.75) is 26.7 Å². The minimum atomic E-state index is -0.0967. The maximum absolute atomic E-state index is 12.2. The van der Waals surface area contributed by atoms with Crippen molar-refractivity contribution in [2.75, 3.05) is 23.4 Å². The summed E-state index contributed by atoms with van der Waals surface area (Å²) in [5.41, 5.74) is 3.38. The Kier molecular flexibility index (Phi) is 5.47. The molecule has 136 valence electrons. The molecule has 1 heterocycles. The average Bonchev–Trinajstić information content (AvgIpc) is 2.61. The highest BCUT2D eigenvalue weighted by molar-refractivity contribution is 6.31. The molecule has 1 N–H and O–H groups in total. The third-order valence-electron chi connectivity index (χ3n) is 4.38. The number of aryl methyl sites for hydroxylation is 1. The molecule has 1 aliphatic heterocycles. The van der Waals surface area contributed by atoms with Gasteiger partial charge in [0.1, 0.15) is 5.75 Å². The van der Waals surface area contributed by atoms with E-state index in [0.29, 0.717) is 35.8 Å². The van der Waals surface area contributed by atoms with Gasteiger partial charge in [0.05, 0.1) is 5.69 Å². The predicted molar refractivity (Wildman–Crippen MR) is 103 cm³/mol. The standard InChI is InChI=1S/C20H21ClN2O3/c1-13-8-9-18-17(11-13)23(20(25)12-26-18)10-4-7-19(24)22-16-6-3-5-15(21)14(16)2/h3,5-6,8-9,11H,4,7,10,12H2,1-2H3,(H,22,24).